The summed E-state index contributed by atoms with van der Waals surface area (Å²) in [5.74, 6) is 2.71. The van der Waals surface area contributed by atoms with Gasteiger partial charge in [0.05, 0.1) is 11.5 Å². The molecule has 1 aliphatic carbocycles. The number of hydrogen-bond donors (Lipinski definition) is 1. The van der Waals surface area contributed by atoms with Gasteiger partial charge in [-0.1, -0.05) is 20.3 Å². The first-order valence-electron chi connectivity index (χ1n) is 6.90. The summed E-state index contributed by atoms with van der Waals surface area (Å²) in [5.41, 5.74) is 0. The van der Waals surface area contributed by atoms with Crippen molar-refractivity contribution in [1.82, 2.24) is 5.32 Å². The molecule has 0 radical (unpaired) electrons. The molecule has 4 unspecified atom stereocenters. The predicted molar refractivity (Wildman–Crippen MR) is 70.7 cm³/mol. The summed E-state index contributed by atoms with van der Waals surface area (Å²) >= 11 is 0. The molecule has 0 aromatic rings. The van der Waals surface area contributed by atoms with Crippen LogP contribution in [0.1, 0.15) is 39.5 Å². The molecule has 17 heavy (non-hydrogen) atoms. The van der Waals surface area contributed by atoms with Gasteiger partial charge in [-0.2, -0.15) is 0 Å². The van der Waals surface area contributed by atoms with Crippen LogP contribution >= 0.6 is 0 Å². The van der Waals surface area contributed by atoms with E-state index in [1.165, 1.54) is 19.3 Å². The summed E-state index contributed by atoms with van der Waals surface area (Å²) in [7, 11) is -2.71. The maximum atomic E-state index is 11.4. The predicted octanol–water partition coefficient (Wildman–Crippen LogP) is 1.84. The van der Waals surface area contributed by atoms with Crippen molar-refractivity contribution in [3.05, 3.63) is 0 Å². The Balaban J connectivity index is 1.78. The standard InChI is InChI=1S/C13H25NO2S/c1-10-3-4-11(2)13(7-10)14-8-12-5-6-17(15,16)9-12/h10-14H,3-9H2,1-2H3. The molecular formula is C13H25NO2S. The zero-order valence-electron chi connectivity index (χ0n) is 11.0. The lowest BCUT2D eigenvalue weighted by molar-refractivity contribution is 0.223. The Kier molecular flexibility index (Phi) is 4.14. The molecule has 2 aliphatic rings. The summed E-state index contributed by atoms with van der Waals surface area (Å²) in [5, 5.41) is 3.62. The average molecular weight is 259 g/mol. The Morgan fingerprint density at radius 1 is 1.18 bits per heavy atom. The van der Waals surface area contributed by atoms with Crippen LogP contribution in [0.25, 0.3) is 0 Å². The second-order valence-corrected chi connectivity index (χ2v) is 8.41. The number of rotatable bonds is 3. The van der Waals surface area contributed by atoms with E-state index in [-0.39, 0.29) is 0 Å². The van der Waals surface area contributed by atoms with Crippen LogP contribution in [0.15, 0.2) is 0 Å². The van der Waals surface area contributed by atoms with E-state index in [0.717, 1.165) is 24.8 Å². The molecule has 1 saturated carbocycles. The van der Waals surface area contributed by atoms with Gasteiger partial charge in [0.25, 0.3) is 0 Å². The lowest BCUT2D eigenvalue weighted by Gasteiger charge is -2.34. The highest BCUT2D eigenvalue weighted by Gasteiger charge is 2.30. The second-order valence-electron chi connectivity index (χ2n) is 6.18. The summed E-state index contributed by atoms with van der Waals surface area (Å²) in [4.78, 5) is 0. The largest absolute Gasteiger partial charge is 0.313 e. The van der Waals surface area contributed by atoms with Gasteiger partial charge in [0.2, 0.25) is 0 Å². The van der Waals surface area contributed by atoms with Crippen molar-refractivity contribution in [2.24, 2.45) is 17.8 Å². The SMILES string of the molecule is CC1CCC(C)C(NCC2CCS(=O)(=O)C2)C1. The number of hydrogen-bond acceptors (Lipinski definition) is 3. The van der Waals surface area contributed by atoms with E-state index in [2.05, 4.69) is 19.2 Å². The molecule has 3 nitrogen and oxygen atoms in total. The van der Waals surface area contributed by atoms with Gasteiger partial charge in [-0.25, -0.2) is 8.42 Å². The van der Waals surface area contributed by atoms with Crippen molar-refractivity contribution in [3.63, 3.8) is 0 Å². The van der Waals surface area contributed by atoms with Crippen molar-refractivity contribution in [2.75, 3.05) is 18.1 Å². The third kappa shape index (κ3) is 3.68. The highest BCUT2D eigenvalue weighted by molar-refractivity contribution is 7.91. The van der Waals surface area contributed by atoms with E-state index < -0.39 is 9.84 Å². The molecule has 100 valence electrons. The molecule has 2 fully saturated rings. The van der Waals surface area contributed by atoms with Crippen molar-refractivity contribution in [3.8, 4) is 0 Å². The molecule has 0 spiro atoms. The van der Waals surface area contributed by atoms with Crippen LogP contribution in [0.3, 0.4) is 0 Å². The molecule has 0 bridgehead atoms. The molecular weight excluding hydrogens is 234 g/mol. The molecule has 0 aromatic heterocycles. The Bertz CT molecular complexity index is 352. The summed E-state index contributed by atoms with van der Waals surface area (Å²) < 4.78 is 22.8. The Labute approximate surface area is 105 Å². The summed E-state index contributed by atoms with van der Waals surface area (Å²) in [6, 6.07) is 0.599. The highest BCUT2D eigenvalue weighted by atomic mass is 32.2. The van der Waals surface area contributed by atoms with Gasteiger partial charge in [0, 0.05) is 6.04 Å². The van der Waals surface area contributed by atoms with Crippen molar-refractivity contribution in [2.45, 2.75) is 45.6 Å². The minimum absolute atomic E-state index is 0.351. The summed E-state index contributed by atoms with van der Waals surface area (Å²) in [6.07, 6.45) is 4.76. The molecule has 1 N–H and O–H groups in total. The quantitative estimate of drug-likeness (QED) is 0.841. The summed E-state index contributed by atoms with van der Waals surface area (Å²) in [6.45, 7) is 5.52. The minimum Gasteiger partial charge on any atom is -0.313 e. The molecule has 1 aliphatic heterocycles. The first-order valence-corrected chi connectivity index (χ1v) is 8.72. The highest BCUT2D eigenvalue weighted by Crippen LogP contribution is 2.28. The molecule has 4 atom stereocenters. The van der Waals surface area contributed by atoms with E-state index in [0.29, 0.717) is 23.5 Å². The smallest absolute Gasteiger partial charge is 0.150 e. The van der Waals surface area contributed by atoms with Gasteiger partial charge in [-0.3, -0.25) is 0 Å². The second kappa shape index (κ2) is 5.27. The van der Waals surface area contributed by atoms with E-state index in [4.69, 9.17) is 0 Å². The Hall–Kier alpha value is -0.0900. The fourth-order valence-electron chi connectivity index (χ4n) is 3.17. The van der Waals surface area contributed by atoms with E-state index in [1.807, 2.05) is 0 Å². The van der Waals surface area contributed by atoms with Gasteiger partial charge >= 0.3 is 0 Å². The molecule has 1 heterocycles. The van der Waals surface area contributed by atoms with Gasteiger partial charge in [-0.05, 0) is 43.6 Å². The fourth-order valence-corrected chi connectivity index (χ4v) is 5.03. The maximum absolute atomic E-state index is 11.4. The molecule has 1 saturated heterocycles. The van der Waals surface area contributed by atoms with Gasteiger partial charge in [0.1, 0.15) is 0 Å². The third-order valence-corrected chi connectivity index (χ3v) is 6.29. The zero-order chi connectivity index (χ0) is 12.5. The van der Waals surface area contributed by atoms with E-state index >= 15 is 0 Å². The third-order valence-electron chi connectivity index (χ3n) is 4.45. The van der Waals surface area contributed by atoms with Gasteiger partial charge in [-0.15, -0.1) is 0 Å². The normalized spacial score (nSPS) is 41.5. The van der Waals surface area contributed by atoms with Crippen molar-refractivity contribution >= 4 is 9.84 Å². The maximum Gasteiger partial charge on any atom is 0.150 e. The lowest BCUT2D eigenvalue weighted by Crippen LogP contribution is -2.41. The number of sulfone groups is 1. The van der Waals surface area contributed by atoms with Crippen LogP contribution in [0, 0.1) is 17.8 Å². The van der Waals surface area contributed by atoms with E-state index in [1.54, 1.807) is 0 Å². The van der Waals surface area contributed by atoms with Crippen LogP contribution in [-0.2, 0) is 9.84 Å². The molecule has 0 aromatic carbocycles. The van der Waals surface area contributed by atoms with Gasteiger partial charge < -0.3 is 5.32 Å². The lowest BCUT2D eigenvalue weighted by atomic mass is 9.80. The van der Waals surface area contributed by atoms with Crippen LogP contribution in [0.2, 0.25) is 0 Å². The number of nitrogens with one attached hydrogen (secondary N) is 1. The van der Waals surface area contributed by atoms with Crippen LogP contribution in [0.5, 0.6) is 0 Å². The zero-order valence-corrected chi connectivity index (χ0v) is 11.8. The Morgan fingerprint density at radius 2 is 1.94 bits per heavy atom. The van der Waals surface area contributed by atoms with Crippen LogP contribution < -0.4 is 5.32 Å². The minimum atomic E-state index is -2.71. The van der Waals surface area contributed by atoms with Crippen LogP contribution in [0.4, 0.5) is 0 Å². The Morgan fingerprint density at radius 3 is 2.59 bits per heavy atom. The average Bonchev–Trinajstić information content (AvgIpc) is 2.60. The first kappa shape index (κ1) is 13.3. The fraction of sp³-hybridized carbons (Fsp3) is 1.00. The molecule has 4 heteroatoms. The topological polar surface area (TPSA) is 46.2 Å². The molecule has 0 amide bonds. The van der Waals surface area contributed by atoms with Gasteiger partial charge in [0.15, 0.2) is 9.84 Å². The monoisotopic (exact) mass is 259 g/mol. The van der Waals surface area contributed by atoms with Crippen molar-refractivity contribution in [1.29, 1.82) is 0 Å². The first-order chi connectivity index (χ1) is 7.96. The van der Waals surface area contributed by atoms with Crippen LogP contribution in [-0.4, -0.2) is 32.5 Å². The molecule has 2 rings (SSSR count). The van der Waals surface area contributed by atoms with Crippen molar-refractivity contribution < 1.29 is 8.42 Å². The van der Waals surface area contributed by atoms with E-state index in [9.17, 15) is 8.42 Å².